The highest BCUT2D eigenvalue weighted by atomic mass is 79.9. The average molecular weight is 331 g/mol. The molecule has 0 aliphatic heterocycles. The van der Waals surface area contributed by atoms with Crippen LogP contribution >= 0.6 is 27.5 Å². The number of nitrogens with one attached hydrogen (secondary N) is 1. The number of hydrogen-bond acceptors (Lipinski definition) is 3. The molecule has 0 unspecified atom stereocenters. The fraction of sp³-hybridized carbons (Fsp3) is 0.0909. The molecule has 0 spiro atoms. The van der Waals surface area contributed by atoms with Crippen LogP contribution in [-0.4, -0.2) is 9.55 Å². The lowest BCUT2D eigenvalue weighted by Gasteiger charge is -2.09. The predicted molar refractivity (Wildman–Crippen MR) is 74.0 cm³/mol. The summed E-state index contributed by atoms with van der Waals surface area (Å²) in [5, 5.41) is 0.613. The minimum Gasteiger partial charge on any atom is -0.384 e. The first-order chi connectivity index (χ1) is 8.49. The average Bonchev–Trinajstić information content (AvgIpc) is 2.34. The zero-order chi connectivity index (χ0) is 13.3. The van der Waals surface area contributed by atoms with Gasteiger partial charge in [0, 0.05) is 5.02 Å². The number of aromatic nitrogens is 2. The normalized spacial score (nSPS) is 10.6. The number of hydrogen-bond donors (Lipinski definition) is 2. The summed E-state index contributed by atoms with van der Waals surface area (Å²) in [6.45, 7) is 0.261. The minimum absolute atomic E-state index is 0.0960. The number of nitrogens with zero attached hydrogens (tertiary/aromatic N) is 1. The van der Waals surface area contributed by atoms with Crippen LogP contribution in [0.3, 0.4) is 0 Å². The Morgan fingerprint density at radius 1 is 1.28 bits per heavy atom. The third-order valence-corrected chi connectivity index (χ3v) is 3.45. The van der Waals surface area contributed by atoms with E-state index >= 15 is 0 Å². The highest BCUT2D eigenvalue weighted by Crippen LogP contribution is 2.14. The summed E-state index contributed by atoms with van der Waals surface area (Å²) < 4.78 is 1.42. The number of nitrogen functional groups attached to an aromatic ring is 1. The third-order valence-electron chi connectivity index (χ3n) is 2.43. The van der Waals surface area contributed by atoms with Gasteiger partial charge in [0.1, 0.15) is 10.3 Å². The Morgan fingerprint density at radius 3 is 2.50 bits per heavy atom. The quantitative estimate of drug-likeness (QED) is 0.877. The van der Waals surface area contributed by atoms with Crippen molar-refractivity contribution >= 4 is 33.3 Å². The summed E-state index contributed by atoms with van der Waals surface area (Å²) >= 11 is 8.81. The molecular formula is C11H9BrClN3O2. The van der Waals surface area contributed by atoms with E-state index in [-0.39, 0.29) is 16.8 Å². The second-order valence-corrected chi connectivity index (χ2v) is 4.90. The Morgan fingerprint density at radius 2 is 1.89 bits per heavy atom. The first-order valence-corrected chi connectivity index (χ1v) is 6.18. The van der Waals surface area contributed by atoms with E-state index in [0.717, 1.165) is 5.56 Å². The van der Waals surface area contributed by atoms with E-state index in [1.165, 1.54) is 4.57 Å². The number of rotatable bonds is 2. The fourth-order valence-electron chi connectivity index (χ4n) is 1.49. The van der Waals surface area contributed by atoms with E-state index < -0.39 is 11.2 Å². The number of H-pyrrole nitrogens is 1. The molecule has 2 aromatic rings. The fourth-order valence-corrected chi connectivity index (χ4v) is 1.93. The molecule has 0 atom stereocenters. The van der Waals surface area contributed by atoms with Crippen molar-refractivity contribution in [3.63, 3.8) is 0 Å². The second kappa shape index (κ2) is 4.99. The molecule has 1 heterocycles. The number of nitrogens with two attached hydrogens (primary N) is 1. The van der Waals surface area contributed by atoms with E-state index in [2.05, 4.69) is 20.9 Å². The van der Waals surface area contributed by atoms with Crippen LogP contribution in [0.4, 0.5) is 5.82 Å². The molecule has 0 saturated carbocycles. The Hall–Kier alpha value is -1.53. The van der Waals surface area contributed by atoms with Gasteiger partial charge in [-0.05, 0) is 33.6 Å². The van der Waals surface area contributed by atoms with Crippen molar-refractivity contribution in [2.75, 3.05) is 5.73 Å². The molecular weight excluding hydrogens is 321 g/mol. The maximum Gasteiger partial charge on any atom is 0.330 e. The molecule has 94 valence electrons. The molecule has 0 aliphatic rings. The molecule has 3 N–H and O–H groups in total. The topological polar surface area (TPSA) is 80.9 Å². The van der Waals surface area contributed by atoms with Crippen LogP contribution in [0.2, 0.25) is 5.02 Å². The maximum absolute atomic E-state index is 11.7. The van der Waals surface area contributed by atoms with Crippen LogP contribution in [0.1, 0.15) is 5.56 Å². The van der Waals surface area contributed by atoms with Gasteiger partial charge < -0.3 is 5.73 Å². The summed E-state index contributed by atoms with van der Waals surface area (Å²) in [5.74, 6) is 0.0960. The zero-order valence-corrected chi connectivity index (χ0v) is 11.5. The molecule has 0 aliphatic carbocycles. The lowest BCUT2D eigenvalue weighted by molar-refractivity contribution is 0.729. The van der Waals surface area contributed by atoms with Crippen molar-refractivity contribution in [3.8, 4) is 0 Å². The van der Waals surface area contributed by atoms with Gasteiger partial charge in [-0.2, -0.15) is 0 Å². The van der Waals surface area contributed by atoms with Crippen LogP contribution in [0.5, 0.6) is 0 Å². The van der Waals surface area contributed by atoms with Crippen LogP contribution in [0, 0.1) is 0 Å². The van der Waals surface area contributed by atoms with Gasteiger partial charge in [0.25, 0.3) is 5.56 Å². The Balaban J connectivity index is 2.47. The second-order valence-electron chi connectivity index (χ2n) is 3.67. The van der Waals surface area contributed by atoms with Gasteiger partial charge in [0.05, 0.1) is 6.54 Å². The van der Waals surface area contributed by atoms with Crippen LogP contribution in [-0.2, 0) is 6.54 Å². The largest absolute Gasteiger partial charge is 0.384 e. The summed E-state index contributed by atoms with van der Waals surface area (Å²) in [7, 11) is 0. The monoisotopic (exact) mass is 329 g/mol. The van der Waals surface area contributed by atoms with Gasteiger partial charge in [-0.15, -0.1) is 0 Å². The van der Waals surface area contributed by atoms with Crippen LogP contribution in [0.25, 0.3) is 0 Å². The van der Waals surface area contributed by atoms with Gasteiger partial charge in [-0.25, -0.2) is 4.79 Å². The molecule has 1 aromatic heterocycles. The summed E-state index contributed by atoms with van der Waals surface area (Å²) in [6.07, 6.45) is 0. The highest BCUT2D eigenvalue weighted by molar-refractivity contribution is 9.10. The zero-order valence-electron chi connectivity index (χ0n) is 9.11. The number of halogens is 2. The molecule has 5 nitrogen and oxygen atoms in total. The van der Waals surface area contributed by atoms with Crippen molar-refractivity contribution in [1.82, 2.24) is 9.55 Å². The van der Waals surface area contributed by atoms with Gasteiger partial charge >= 0.3 is 5.69 Å². The Labute approximate surface area is 115 Å². The molecule has 0 bridgehead atoms. The van der Waals surface area contributed by atoms with E-state index in [1.807, 2.05) is 0 Å². The van der Waals surface area contributed by atoms with E-state index in [0.29, 0.717) is 5.02 Å². The summed E-state index contributed by atoms with van der Waals surface area (Å²) in [5.41, 5.74) is 5.50. The molecule has 0 saturated heterocycles. The maximum atomic E-state index is 11.7. The molecule has 2 rings (SSSR count). The molecule has 0 fully saturated rings. The van der Waals surface area contributed by atoms with Crippen molar-refractivity contribution in [2.45, 2.75) is 6.54 Å². The van der Waals surface area contributed by atoms with E-state index in [9.17, 15) is 9.59 Å². The van der Waals surface area contributed by atoms with E-state index in [1.54, 1.807) is 24.3 Å². The van der Waals surface area contributed by atoms with Crippen molar-refractivity contribution in [2.24, 2.45) is 0 Å². The predicted octanol–water partition coefficient (Wildman–Crippen LogP) is 1.58. The van der Waals surface area contributed by atoms with Gasteiger partial charge in [-0.1, -0.05) is 23.7 Å². The molecule has 0 amide bonds. The number of anilines is 1. The lowest BCUT2D eigenvalue weighted by atomic mass is 10.2. The Kier molecular flexibility index (Phi) is 3.58. The lowest BCUT2D eigenvalue weighted by Crippen LogP contribution is -2.32. The molecule has 1 aromatic carbocycles. The molecule has 18 heavy (non-hydrogen) atoms. The summed E-state index contributed by atoms with van der Waals surface area (Å²) in [6, 6.07) is 7.01. The standard InChI is InChI=1S/C11H9BrClN3O2/c12-8-9(14)16(11(18)15-10(8)17)5-6-1-3-7(13)4-2-6/h1-4H,5,14H2,(H,15,17,18). The Bertz CT molecular complexity index is 691. The first kappa shape index (κ1) is 12.9. The SMILES string of the molecule is Nc1c(Br)c(=O)[nH]c(=O)n1Cc1ccc(Cl)cc1. The number of benzene rings is 1. The molecule has 7 heteroatoms. The number of aromatic amines is 1. The highest BCUT2D eigenvalue weighted by Gasteiger charge is 2.09. The van der Waals surface area contributed by atoms with Gasteiger partial charge in [-0.3, -0.25) is 14.3 Å². The summed E-state index contributed by atoms with van der Waals surface area (Å²) in [4.78, 5) is 25.1. The molecule has 0 radical (unpaired) electrons. The van der Waals surface area contributed by atoms with Crippen molar-refractivity contribution in [3.05, 3.63) is 60.2 Å². The van der Waals surface area contributed by atoms with Crippen LogP contribution < -0.4 is 17.0 Å². The van der Waals surface area contributed by atoms with Crippen molar-refractivity contribution in [1.29, 1.82) is 0 Å². The van der Waals surface area contributed by atoms with Crippen molar-refractivity contribution < 1.29 is 0 Å². The minimum atomic E-state index is -0.546. The van der Waals surface area contributed by atoms with Gasteiger partial charge in [0.2, 0.25) is 0 Å². The van der Waals surface area contributed by atoms with E-state index in [4.69, 9.17) is 17.3 Å². The van der Waals surface area contributed by atoms with Crippen LogP contribution in [0.15, 0.2) is 38.3 Å². The third kappa shape index (κ3) is 2.49. The smallest absolute Gasteiger partial charge is 0.330 e. The van der Waals surface area contributed by atoms with Gasteiger partial charge in [0.15, 0.2) is 0 Å². The first-order valence-electron chi connectivity index (χ1n) is 5.01.